The van der Waals surface area contributed by atoms with Crippen molar-refractivity contribution in [3.8, 4) is 5.75 Å². The molecule has 0 aliphatic rings. The van der Waals surface area contributed by atoms with E-state index in [1.165, 1.54) is 0 Å². The molecule has 19 heavy (non-hydrogen) atoms. The number of methoxy groups -OCH3 is 1. The van der Waals surface area contributed by atoms with Gasteiger partial charge in [0.15, 0.2) is 0 Å². The molecule has 1 aromatic rings. The SMILES string of the molecule is CCSC(=O)C(=O)N(CC)Cc1ccc(OC)cc1. The van der Waals surface area contributed by atoms with Gasteiger partial charge in [-0.25, -0.2) is 0 Å². The van der Waals surface area contributed by atoms with Crippen molar-refractivity contribution in [1.82, 2.24) is 4.90 Å². The van der Waals surface area contributed by atoms with Gasteiger partial charge in [0.25, 0.3) is 5.12 Å². The lowest BCUT2D eigenvalue weighted by atomic mass is 10.2. The van der Waals surface area contributed by atoms with E-state index in [1.807, 2.05) is 38.1 Å². The van der Waals surface area contributed by atoms with Crippen molar-refractivity contribution < 1.29 is 14.3 Å². The van der Waals surface area contributed by atoms with Gasteiger partial charge in [0.1, 0.15) is 5.75 Å². The van der Waals surface area contributed by atoms with Crippen LogP contribution in [-0.4, -0.2) is 35.3 Å². The van der Waals surface area contributed by atoms with E-state index in [0.29, 0.717) is 18.8 Å². The second kappa shape index (κ2) is 7.84. The molecule has 4 nitrogen and oxygen atoms in total. The average Bonchev–Trinajstić information content (AvgIpc) is 2.45. The van der Waals surface area contributed by atoms with Gasteiger partial charge in [-0.2, -0.15) is 0 Å². The molecule has 1 amide bonds. The number of nitrogens with zero attached hydrogens (tertiary/aromatic N) is 1. The van der Waals surface area contributed by atoms with Gasteiger partial charge in [0.2, 0.25) is 0 Å². The quantitative estimate of drug-likeness (QED) is 0.777. The molecule has 1 aromatic carbocycles. The number of hydrogen-bond donors (Lipinski definition) is 0. The molecule has 0 atom stereocenters. The van der Waals surface area contributed by atoms with Crippen molar-refractivity contribution in [3.63, 3.8) is 0 Å². The fourth-order valence-corrected chi connectivity index (χ4v) is 2.12. The molecule has 0 bridgehead atoms. The number of hydrogen-bond acceptors (Lipinski definition) is 4. The minimum atomic E-state index is -0.426. The summed E-state index contributed by atoms with van der Waals surface area (Å²) < 4.78 is 5.08. The number of likely N-dealkylation sites (N-methyl/N-ethyl adjacent to an activating group) is 1. The van der Waals surface area contributed by atoms with E-state index in [0.717, 1.165) is 23.1 Å². The summed E-state index contributed by atoms with van der Waals surface area (Å²) in [5, 5.41) is -0.391. The monoisotopic (exact) mass is 281 g/mol. The molecular weight excluding hydrogens is 262 g/mol. The molecule has 0 spiro atoms. The highest BCUT2D eigenvalue weighted by Gasteiger charge is 2.20. The maximum atomic E-state index is 11.9. The van der Waals surface area contributed by atoms with Crippen LogP contribution in [0.25, 0.3) is 0 Å². The second-order valence-corrected chi connectivity index (χ2v) is 5.12. The highest BCUT2D eigenvalue weighted by Crippen LogP contribution is 2.14. The fourth-order valence-electron chi connectivity index (χ4n) is 1.60. The van der Waals surface area contributed by atoms with E-state index in [9.17, 15) is 9.59 Å². The topological polar surface area (TPSA) is 46.6 Å². The van der Waals surface area contributed by atoms with Crippen LogP contribution >= 0.6 is 11.8 Å². The molecule has 0 aromatic heterocycles. The maximum Gasteiger partial charge on any atom is 0.301 e. The minimum absolute atomic E-state index is 0.391. The van der Waals surface area contributed by atoms with Crippen LogP contribution in [-0.2, 0) is 16.1 Å². The minimum Gasteiger partial charge on any atom is -0.497 e. The molecule has 0 saturated heterocycles. The molecule has 0 fully saturated rings. The van der Waals surface area contributed by atoms with E-state index in [2.05, 4.69) is 0 Å². The lowest BCUT2D eigenvalue weighted by Gasteiger charge is -2.19. The maximum absolute atomic E-state index is 11.9. The Morgan fingerprint density at radius 3 is 2.32 bits per heavy atom. The molecule has 104 valence electrons. The number of carbonyl (C=O) groups is 2. The third-order valence-corrected chi connectivity index (χ3v) is 3.38. The zero-order valence-electron chi connectivity index (χ0n) is 11.5. The molecule has 0 unspecified atom stereocenters. The molecule has 0 radical (unpaired) electrons. The molecule has 5 heteroatoms. The molecule has 0 saturated carbocycles. The normalized spacial score (nSPS) is 10.1. The van der Waals surface area contributed by atoms with E-state index >= 15 is 0 Å². The number of rotatable bonds is 5. The third-order valence-electron chi connectivity index (χ3n) is 2.65. The van der Waals surface area contributed by atoms with Gasteiger partial charge < -0.3 is 9.64 Å². The Morgan fingerprint density at radius 2 is 1.84 bits per heavy atom. The standard InChI is InChI=1S/C14H19NO3S/c1-4-15(13(16)14(17)19-5-2)10-11-6-8-12(18-3)9-7-11/h6-9H,4-5,10H2,1-3H3. The summed E-state index contributed by atoms with van der Waals surface area (Å²) in [5.41, 5.74) is 0.977. The van der Waals surface area contributed by atoms with E-state index < -0.39 is 11.0 Å². The number of thioether (sulfide) groups is 1. The number of carbonyl (C=O) groups excluding carboxylic acids is 2. The fraction of sp³-hybridized carbons (Fsp3) is 0.429. The van der Waals surface area contributed by atoms with Gasteiger partial charge in [0, 0.05) is 13.1 Å². The van der Waals surface area contributed by atoms with Gasteiger partial charge in [-0.05, 0) is 30.4 Å². The van der Waals surface area contributed by atoms with Crippen LogP contribution in [0.3, 0.4) is 0 Å². The van der Waals surface area contributed by atoms with Crippen molar-refractivity contribution in [3.05, 3.63) is 29.8 Å². The van der Waals surface area contributed by atoms with E-state index in [1.54, 1.807) is 12.0 Å². The predicted molar refractivity (Wildman–Crippen MR) is 77.2 cm³/mol. The summed E-state index contributed by atoms with van der Waals surface area (Å²) in [4.78, 5) is 25.1. The lowest BCUT2D eigenvalue weighted by molar-refractivity contribution is -0.140. The van der Waals surface area contributed by atoms with Crippen LogP contribution in [0.1, 0.15) is 19.4 Å². The van der Waals surface area contributed by atoms with Gasteiger partial charge in [-0.1, -0.05) is 30.8 Å². The predicted octanol–water partition coefficient (Wildman–Crippen LogP) is 2.32. The lowest BCUT2D eigenvalue weighted by Crippen LogP contribution is -2.34. The van der Waals surface area contributed by atoms with Crippen molar-refractivity contribution in [2.24, 2.45) is 0 Å². The van der Waals surface area contributed by atoms with Crippen LogP contribution < -0.4 is 4.74 Å². The highest BCUT2D eigenvalue weighted by molar-refractivity contribution is 8.15. The summed E-state index contributed by atoms with van der Waals surface area (Å²) in [5.74, 6) is 0.964. The van der Waals surface area contributed by atoms with Crippen LogP contribution in [0.15, 0.2) is 24.3 Å². The molecule has 0 heterocycles. The highest BCUT2D eigenvalue weighted by atomic mass is 32.2. The Hall–Kier alpha value is -1.49. The Bertz CT molecular complexity index is 431. The first-order valence-electron chi connectivity index (χ1n) is 6.21. The second-order valence-electron chi connectivity index (χ2n) is 3.89. The first-order chi connectivity index (χ1) is 9.12. The molecule has 1 rings (SSSR count). The van der Waals surface area contributed by atoms with Gasteiger partial charge >= 0.3 is 5.91 Å². The van der Waals surface area contributed by atoms with Crippen molar-refractivity contribution >= 4 is 22.8 Å². The summed E-state index contributed by atoms with van der Waals surface area (Å²) >= 11 is 1.05. The Morgan fingerprint density at radius 1 is 1.21 bits per heavy atom. The number of ether oxygens (including phenoxy) is 1. The molecular formula is C14H19NO3S. The van der Waals surface area contributed by atoms with Crippen molar-refractivity contribution in [1.29, 1.82) is 0 Å². The van der Waals surface area contributed by atoms with E-state index in [4.69, 9.17) is 4.74 Å². The molecule has 0 aliphatic carbocycles. The Balaban J connectivity index is 2.70. The van der Waals surface area contributed by atoms with Crippen molar-refractivity contribution in [2.45, 2.75) is 20.4 Å². The van der Waals surface area contributed by atoms with Gasteiger partial charge in [-0.3, -0.25) is 9.59 Å². The van der Waals surface area contributed by atoms with Gasteiger partial charge in [0.05, 0.1) is 7.11 Å². The third kappa shape index (κ3) is 4.59. The summed E-state index contributed by atoms with van der Waals surface area (Å²) in [6.07, 6.45) is 0. The van der Waals surface area contributed by atoms with Crippen LogP contribution in [0, 0.1) is 0 Å². The van der Waals surface area contributed by atoms with Crippen LogP contribution in [0.5, 0.6) is 5.75 Å². The molecule has 0 N–H and O–H groups in total. The first-order valence-corrected chi connectivity index (χ1v) is 7.19. The number of amides is 1. The van der Waals surface area contributed by atoms with Crippen LogP contribution in [0.2, 0.25) is 0 Å². The van der Waals surface area contributed by atoms with Crippen molar-refractivity contribution in [2.75, 3.05) is 19.4 Å². The van der Waals surface area contributed by atoms with E-state index in [-0.39, 0.29) is 0 Å². The number of benzene rings is 1. The summed E-state index contributed by atoms with van der Waals surface area (Å²) in [6, 6.07) is 7.48. The summed E-state index contributed by atoms with van der Waals surface area (Å²) in [7, 11) is 1.61. The van der Waals surface area contributed by atoms with Gasteiger partial charge in [-0.15, -0.1) is 0 Å². The van der Waals surface area contributed by atoms with Crippen LogP contribution in [0.4, 0.5) is 0 Å². The smallest absolute Gasteiger partial charge is 0.301 e. The largest absolute Gasteiger partial charge is 0.497 e. The zero-order valence-corrected chi connectivity index (χ0v) is 12.3. The zero-order chi connectivity index (χ0) is 14.3. The summed E-state index contributed by atoms with van der Waals surface area (Å²) in [6.45, 7) is 4.68. The molecule has 0 aliphatic heterocycles. The first kappa shape index (κ1) is 15.6. The Kier molecular flexibility index (Phi) is 6.42. The average molecular weight is 281 g/mol. The Labute approximate surface area is 118 Å².